The minimum absolute atomic E-state index is 0. The molecular formula is C18H31FIN3O2. The fourth-order valence-corrected chi connectivity index (χ4v) is 2.09. The molecule has 0 spiro atoms. The Bertz CT molecular complexity index is 489. The number of nitrogens with one attached hydrogen (secondary N) is 2. The summed E-state index contributed by atoms with van der Waals surface area (Å²) in [6.45, 7) is 7.17. The van der Waals surface area contributed by atoms with E-state index in [1.165, 1.54) is 6.07 Å². The number of aliphatic hydroxyl groups is 1. The molecule has 25 heavy (non-hydrogen) atoms. The lowest BCUT2D eigenvalue weighted by Gasteiger charge is -2.13. The summed E-state index contributed by atoms with van der Waals surface area (Å²) in [6, 6.07) is 6.21. The van der Waals surface area contributed by atoms with Gasteiger partial charge >= 0.3 is 0 Å². The van der Waals surface area contributed by atoms with Crippen molar-refractivity contribution in [3.05, 3.63) is 35.6 Å². The molecule has 0 bridgehead atoms. The van der Waals surface area contributed by atoms with Crippen molar-refractivity contribution in [1.29, 1.82) is 0 Å². The first kappa shape index (κ1) is 24.1. The summed E-state index contributed by atoms with van der Waals surface area (Å²) in [4.78, 5) is 4.32. The third kappa shape index (κ3) is 10.6. The van der Waals surface area contributed by atoms with Crippen molar-refractivity contribution in [3.8, 4) is 0 Å². The van der Waals surface area contributed by atoms with Gasteiger partial charge in [0.05, 0.1) is 6.54 Å². The number of aliphatic hydroxyl groups excluding tert-OH is 1. The van der Waals surface area contributed by atoms with Gasteiger partial charge < -0.3 is 20.5 Å². The molecule has 0 radical (unpaired) electrons. The van der Waals surface area contributed by atoms with E-state index in [9.17, 15) is 9.50 Å². The van der Waals surface area contributed by atoms with Crippen LogP contribution in [0, 0.1) is 5.82 Å². The predicted molar refractivity (Wildman–Crippen MR) is 111 cm³/mol. The number of unbranched alkanes of at least 4 members (excludes halogenated alkanes) is 1. The second-order valence-electron chi connectivity index (χ2n) is 5.50. The fourth-order valence-electron chi connectivity index (χ4n) is 2.09. The van der Waals surface area contributed by atoms with Crippen LogP contribution >= 0.6 is 24.0 Å². The van der Waals surface area contributed by atoms with Gasteiger partial charge in [-0.15, -0.1) is 24.0 Å². The fraction of sp³-hybridized carbons (Fsp3) is 0.611. The molecule has 1 atom stereocenters. The summed E-state index contributed by atoms with van der Waals surface area (Å²) in [7, 11) is 0. The SMILES string of the molecule is CCCCOCCCNC(=NCC(O)c1ccccc1F)NCC.I. The van der Waals surface area contributed by atoms with E-state index in [1.54, 1.807) is 18.2 Å². The summed E-state index contributed by atoms with van der Waals surface area (Å²) in [5.41, 5.74) is 0.265. The largest absolute Gasteiger partial charge is 0.386 e. The highest BCUT2D eigenvalue weighted by atomic mass is 127. The number of guanidine groups is 1. The minimum Gasteiger partial charge on any atom is -0.386 e. The summed E-state index contributed by atoms with van der Waals surface area (Å²) in [6.07, 6.45) is 2.15. The first-order valence-corrected chi connectivity index (χ1v) is 8.71. The maximum absolute atomic E-state index is 13.6. The number of rotatable bonds is 11. The van der Waals surface area contributed by atoms with Crippen LogP contribution in [0.15, 0.2) is 29.3 Å². The molecule has 0 saturated heterocycles. The Kier molecular flexibility index (Phi) is 14.8. The molecule has 144 valence electrons. The lowest BCUT2D eigenvalue weighted by atomic mass is 10.1. The number of benzene rings is 1. The van der Waals surface area contributed by atoms with Gasteiger partial charge in [0.1, 0.15) is 11.9 Å². The van der Waals surface area contributed by atoms with Crippen LogP contribution in [0.5, 0.6) is 0 Å². The maximum Gasteiger partial charge on any atom is 0.191 e. The van der Waals surface area contributed by atoms with Crippen LogP contribution in [-0.2, 0) is 4.74 Å². The van der Waals surface area contributed by atoms with Crippen molar-refractivity contribution in [3.63, 3.8) is 0 Å². The van der Waals surface area contributed by atoms with Gasteiger partial charge in [0, 0.05) is 31.9 Å². The average molecular weight is 467 g/mol. The highest BCUT2D eigenvalue weighted by Gasteiger charge is 2.11. The highest BCUT2D eigenvalue weighted by molar-refractivity contribution is 14.0. The van der Waals surface area contributed by atoms with E-state index in [4.69, 9.17) is 4.74 Å². The van der Waals surface area contributed by atoms with Gasteiger partial charge in [-0.3, -0.25) is 4.99 Å². The molecule has 0 aliphatic heterocycles. The highest BCUT2D eigenvalue weighted by Crippen LogP contribution is 2.16. The molecule has 5 nitrogen and oxygen atoms in total. The van der Waals surface area contributed by atoms with E-state index in [1.807, 2.05) is 6.92 Å². The zero-order valence-electron chi connectivity index (χ0n) is 15.1. The number of hydrogen-bond acceptors (Lipinski definition) is 3. The molecule has 1 unspecified atom stereocenters. The molecule has 1 aromatic carbocycles. The third-order valence-corrected chi connectivity index (χ3v) is 3.43. The average Bonchev–Trinajstić information content (AvgIpc) is 2.59. The van der Waals surface area contributed by atoms with Gasteiger partial charge in [-0.05, 0) is 25.8 Å². The predicted octanol–water partition coefficient (Wildman–Crippen LogP) is 3.24. The molecule has 1 aromatic rings. The molecule has 0 amide bonds. The van der Waals surface area contributed by atoms with Gasteiger partial charge in [0.2, 0.25) is 0 Å². The number of aliphatic imine (C=N–C) groups is 1. The van der Waals surface area contributed by atoms with Gasteiger partial charge in [-0.1, -0.05) is 31.5 Å². The minimum atomic E-state index is -0.959. The van der Waals surface area contributed by atoms with Crippen LogP contribution in [0.25, 0.3) is 0 Å². The zero-order valence-corrected chi connectivity index (χ0v) is 17.5. The molecule has 3 N–H and O–H groups in total. The molecule has 0 aromatic heterocycles. The van der Waals surface area contributed by atoms with Crippen molar-refractivity contribution in [2.45, 2.75) is 39.2 Å². The summed E-state index contributed by atoms with van der Waals surface area (Å²) < 4.78 is 19.1. The topological polar surface area (TPSA) is 65.9 Å². The molecule has 7 heteroatoms. The standard InChI is InChI=1S/C18H30FN3O2.HI/c1-3-5-12-24-13-8-11-21-18(20-4-2)22-14-17(23)15-9-6-7-10-16(15)19;/h6-7,9-10,17,23H,3-5,8,11-14H2,1-2H3,(H2,20,21,22);1H. The number of ether oxygens (including phenoxy) is 1. The van der Waals surface area contributed by atoms with E-state index in [-0.39, 0.29) is 36.1 Å². The van der Waals surface area contributed by atoms with Crippen LogP contribution < -0.4 is 10.6 Å². The van der Waals surface area contributed by atoms with Crippen LogP contribution in [0.1, 0.15) is 44.8 Å². The van der Waals surface area contributed by atoms with Gasteiger partial charge in [0.15, 0.2) is 5.96 Å². The van der Waals surface area contributed by atoms with E-state index in [2.05, 4.69) is 22.5 Å². The molecule has 0 aliphatic carbocycles. The molecule has 0 fully saturated rings. The van der Waals surface area contributed by atoms with Crippen molar-refractivity contribution < 1.29 is 14.2 Å². The summed E-state index contributed by atoms with van der Waals surface area (Å²) in [5, 5.41) is 16.4. The van der Waals surface area contributed by atoms with E-state index >= 15 is 0 Å². The van der Waals surface area contributed by atoms with E-state index < -0.39 is 11.9 Å². The quantitative estimate of drug-likeness (QED) is 0.202. The number of hydrogen-bond donors (Lipinski definition) is 3. The second kappa shape index (κ2) is 15.3. The Hall–Kier alpha value is -0.930. The molecule has 1 rings (SSSR count). The first-order chi connectivity index (χ1) is 11.7. The Labute approximate surface area is 167 Å². The van der Waals surface area contributed by atoms with E-state index in [0.717, 1.165) is 32.4 Å². The Morgan fingerprint density at radius 3 is 2.60 bits per heavy atom. The van der Waals surface area contributed by atoms with Crippen LogP contribution in [0.2, 0.25) is 0 Å². The summed E-state index contributed by atoms with van der Waals surface area (Å²) in [5.74, 6) is 0.198. The van der Waals surface area contributed by atoms with Crippen molar-refractivity contribution >= 4 is 29.9 Å². The third-order valence-electron chi connectivity index (χ3n) is 3.43. The van der Waals surface area contributed by atoms with Crippen molar-refractivity contribution in [2.75, 3.05) is 32.8 Å². The van der Waals surface area contributed by atoms with Crippen molar-refractivity contribution in [2.24, 2.45) is 4.99 Å². The van der Waals surface area contributed by atoms with Crippen LogP contribution in [0.4, 0.5) is 4.39 Å². The van der Waals surface area contributed by atoms with Crippen LogP contribution in [-0.4, -0.2) is 43.9 Å². The number of nitrogens with zero attached hydrogens (tertiary/aromatic N) is 1. The van der Waals surface area contributed by atoms with E-state index in [0.29, 0.717) is 19.1 Å². The lowest BCUT2D eigenvalue weighted by molar-refractivity contribution is 0.129. The Morgan fingerprint density at radius 2 is 1.92 bits per heavy atom. The van der Waals surface area contributed by atoms with Gasteiger partial charge in [0.25, 0.3) is 0 Å². The van der Waals surface area contributed by atoms with Crippen molar-refractivity contribution in [1.82, 2.24) is 10.6 Å². The maximum atomic E-state index is 13.6. The molecular weight excluding hydrogens is 436 g/mol. The van der Waals surface area contributed by atoms with Crippen LogP contribution in [0.3, 0.4) is 0 Å². The van der Waals surface area contributed by atoms with Gasteiger partial charge in [-0.25, -0.2) is 4.39 Å². The Balaban J connectivity index is 0.00000576. The zero-order chi connectivity index (χ0) is 17.6. The Morgan fingerprint density at radius 1 is 1.20 bits per heavy atom. The normalized spacial score (nSPS) is 12.4. The van der Waals surface area contributed by atoms with Gasteiger partial charge in [-0.2, -0.15) is 0 Å². The molecule has 0 heterocycles. The summed E-state index contributed by atoms with van der Waals surface area (Å²) >= 11 is 0. The lowest BCUT2D eigenvalue weighted by Crippen LogP contribution is -2.38. The molecule has 0 saturated carbocycles. The second-order valence-corrected chi connectivity index (χ2v) is 5.50. The first-order valence-electron chi connectivity index (χ1n) is 8.71. The smallest absolute Gasteiger partial charge is 0.191 e. The molecule has 0 aliphatic rings. The monoisotopic (exact) mass is 467 g/mol. The number of halogens is 2.